The summed E-state index contributed by atoms with van der Waals surface area (Å²) in [4.78, 5) is 11.3. The van der Waals surface area contributed by atoms with Gasteiger partial charge in [0, 0.05) is 5.56 Å². The van der Waals surface area contributed by atoms with Crippen LogP contribution in [0.1, 0.15) is 52.7 Å². The van der Waals surface area contributed by atoms with E-state index in [-0.39, 0.29) is 0 Å². The van der Waals surface area contributed by atoms with Gasteiger partial charge in [-0.15, -0.1) is 0 Å². The van der Waals surface area contributed by atoms with E-state index in [0.717, 1.165) is 59.0 Å². The van der Waals surface area contributed by atoms with Crippen LogP contribution in [-0.4, -0.2) is 47.9 Å². The van der Waals surface area contributed by atoms with E-state index in [0.29, 0.717) is 65.9 Å². The summed E-state index contributed by atoms with van der Waals surface area (Å²) in [7, 11) is 6.39. The van der Waals surface area contributed by atoms with Crippen LogP contribution in [0.15, 0.2) is 140 Å². The third kappa shape index (κ3) is 9.28. The molecule has 6 aromatic rings. The van der Waals surface area contributed by atoms with Gasteiger partial charge >= 0.3 is 242 Å². The maximum absolute atomic E-state index is 11.3. The van der Waals surface area contributed by atoms with Gasteiger partial charge in [-0.1, -0.05) is 0 Å². The molecule has 0 N–H and O–H groups in total. The number of aldehydes is 1. The number of benzene rings is 6. The third-order valence-corrected chi connectivity index (χ3v) is 17.7. The van der Waals surface area contributed by atoms with Crippen molar-refractivity contribution in [2.24, 2.45) is 0 Å². The molecule has 9 heteroatoms. The molecule has 0 heterocycles. The van der Waals surface area contributed by atoms with Crippen LogP contribution in [0.3, 0.4) is 0 Å². The van der Waals surface area contributed by atoms with Crippen LogP contribution >= 0.6 is 17.2 Å². The van der Waals surface area contributed by atoms with Gasteiger partial charge in [-0.05, 0) is 37.8 Å². The van der Waals surface area contributed by atoms with Gasteiger partial charge in [0.1, 0.15) is 6.29 Å². The second kappa shape index (κ2) is 19.8. The van der Waals surface area contributed by atoms with Gasteiger partial charge in [0.05, 0.1) is 20.8 Å². The van der Waals surface area contributed by atoms with Crippen molar-refractivity contribution >= 4 is 39.4 Å². The molecule has 6 rings (SSSR count). The summed E-state index contributed by atoms with van der Waals surface area (Å²) >= 11 is 8.35. The van der Waals surface area contributed by atoms with Crippen LogP contribution in [0, 0.1) is 0 Å². The molecule has 0 aliphatic rings. The number of hydrogen-bond donors (Lipinski definition) is 0. The summed E-state index contributed by atoms with van der Waals surface area (Å²) in [5.41, 5.74) is 3.85. The molecule has 302 valence electrons. The van der Waals surface area contributed by atoms with Crippen LogP contribution in [0.4, 0.5) is 0 Å². The molecule has 0 bridgehead atoms. The summed E-state index contributed by atoms with van der Waals surface area (Å²) in [6, 6.07) is 47.9. The molecule has 6 aromatic carbocycles. The van der Waals surface area contributed by atoms with Crippen molar-refractivity contribution in [3.8, 4) is 34.5 Å². The number of halogens is 1. The number of methoxy groups -OCH3 is 4. The molecule has 0 spiro atoms. The first-order valence-corrected chi connectivity index (χ1v) is 22.9. The van der Waals surface area contributed by atoms with Gasteiger partial charge in [0.25, 0.3) is 0 Å². The molecule has 0 amide bonds. The summed E-state index contributed by atoms with van der Waals surface area (Å²) in [6.45, 7) is 1.01. The Morgan fingerprint density at radius 1 is 0.483 bits per heavy atom. The zero-order chi connectivity index (χ0) is 40.8. The van der Waals surface area contributed by atoms with Crippen LogP contribution < -0.4 is 44.3 Å². The van der Waals surface area contributed by atoms with E-state index in [1.807, 2.05) is 30.3 Å². The van der Waals surface area contributed by atoms with Crippen LogP contribution in [0.25, 0.3) is 0 Å². The van der Waals surface area contributed by atoms with Crippen molar-refractivity contribution in [3.63, 3.8) is 0 Å². The van der Waals surface area contributed by atoms with Crippen molar-refractivity contribution < 1.29 is 33.2 Å². The van der Waals surface area contributed by atoms with Gasteiger partial charge in [0.2, 0.25) is 5.75 Å². The van der Waals surface area contributed by atoms with Gasteiger partial charge in [0.15, 0.2) is 11.5 Å². The van der Waals surface area contributed by atoms with Crippen molar-refractivity contribution in [3.05, 3.63) is 162 Å². The number of carbonyl (C=O) groups is 1. The monoisotopic (exact) mass is 818 g/mol. The molecular formula is C49H52ClO7P. The SMILES string of the molecule is COc1cc(C=O)cc(OC)c1OCCCCCCOc1c(OC)cc(Cc2ccc(CP(Cl)(c3ccccc3)(c3ccccc3)c3ccccc3)cc2)cc1OC. The Labute approximate surface area is 347 Å². The Morgan fingerprint density at radius 2 is 0.862 bits per heavy atom. The first-order chi connectivity index (χ1) is 28.3. The molecule has 0 aliphatic carbocycles. The molecule has 0 unspecified atom stereocenters. The average Bonchev–Trinajstić information content (AvgIpc) is 3.28. The molecule has 0 aliphatic heterocycles. The topological polar surface area (TPSA) is 72.5 Å². The summed E-state index contributed by atoms with van der Waals surface area (Å²) in [6.07, 6.45) is 5.72. The van der Waals surface area contributed by atoms with E-state index in [4.69, 9.17) is 39.7 Å². The second-order valence-corrected chi connectivity index (χ2v) is 20.6. The quantitative estimate of drug-likeness (QED) is 0.0407. The zero-order valence-electron chi connectivity index (χ0n) is 33.7. The molecule has 0 saturated carbocycles. The van der Waals surface area contributed by atoms with Crippen molar-refractivity contribution in [2.45, 2.75) is 38.3 Å². The van der Waals surface area contributed by atoms with E-state index < -0.39 is 5.96 Å². The van der Waals surface area contributed by atoms with Gasteiger partial charge < -0.3 is 14.2 Å². The van der Waals surface area contributed by atoms with E-state index in [1.165, 1.54) is 5.56 Å². The number of hydrogen-bond acceptors (Lipinski definition) is 7. The number of ether oxygens (including phenoxy) is 6. The van der Waals surface area contributed by atoms with Crippen LogP contribution in [0.2, 0.25) is 0 Å². The summed E-state index contributed by atoms with van der Waals surface area (Å²) in [5.74, 6) is -0.149. The Balaban J connectivity index is 1.09. The predicted molar refractivity (Wildman–Crippen MR) is 238 cm³/mol. The standard InChI is InChI=1S/C49H52ClO7P/c1-52-44-31-39(32-45(53-2)48(44)56-28-16-5-6-17-29-57-49-46(54-3)33-40(35-51)34-47(49)55-4)30-37-24-26-38(27-25-37)36-58(50,41-18-10-7-11-19-41,42-20-12-8-13-21-42)43-22-14-9-15-23-43/h7-15,18-27,31-35H,5-6,16-17,28-30,36H2,1-4H3. The van der Waals surface area contributed by atoms with Crippen molar-refractivity contribution in [2.75, 3.05) is 41.7 Å². The molecule has 0 saturated heterocycles. The van der Waals surface area contributed by atoms with Crippen molar-refractivity contribution in [1.29, 1.82) is 0 Å². The minimum absolute atomic E-state index is 0.464. The Hall–Kier alpha value is -5.49. The molecule has 0 radical (unpaired) electrons. The van der Waals surface area contributed by atoms with Crippen molar-refractivity contribution in [1.82, 2.24) is 0 Å². The Bertz CT molecular complexity index is 2080. The van der Waals surface area contributed by atoms with Crippen LogP contribution in [0.5, 0.6) is 34.5 Å². The molecule has 7 nitrogen and oxygen atoms in total. The average molecular weight is 819 g/mol. The Morgan fingerprint density at radius 3 is 1.24 bits per heavy atom. The number of unbranched alkanes of at least 4 members (excludes halogenated alkanes) is 3. The van der Waals surface area contributed by atoms with Crippen LogP contribution in [-0.2, 0) is 12.6 Å². The van der Waals surface area contributed by atoms with Gasteiger partial charge in [-0.2, -0.15) is 0 Å². The fraction of sp³-hybridized carbons (Fsp3) is 0.245. The van der Waals surface area contributed by atoms with Gasteiger partial charge in [-0.25, -0.2) is 0 Å². The third-order valence-electron chi connectivity index (χ3n) is 10.5. The molecule has 0 aromatic heterocycles. The first-order valence-electron chi connectivity index (χ1n) is 19.5. The molecular weight excluding hydrogens is 767 g/mol. The van der Waals surface area contributed by atoms with Gasteiger partial charge in [-0.3, -0.25) is 4.79 Å². The maximum atomic E-state index is 11.3. The summed E-state index contributed by atoms with van der Waals surface area (Å²) < 4.78 is 34.7. The van der Waals surface area contributed by atoms with E-state index in [2.05, 4.69) is 97.1 Å². The predicted octanol–water partition coefficient (Wildman–Crippen LogP) is 10.3. The molecule has 58 heavy (non-hydrogen) atoms. The van der Waals surface area contributed by atoms with E-state index in [9.17, 15) is 4.79 Å². The fourth-order valence-corrected chi connectivity index (χ4v) is 13.6. The number of rotatable bonds is 21. The zero-order valence-corrected chi connectivity index (χ0v) is 35.3. The molecule has 0 atom stereocenters. The Kier molecular flexibility index (Phi) is 14.4. The van der Waals surface area contributed by atoms with E-state index >= 15 is 0 Å². The minimum atomic E-state index is -3.45. The molecule has 0 fully saturated rings. The summed E-state index contributed by atoms with van der Waals surface area (Å²) in [5, 5.41) is 3.43. The van der Waals surface area contributed by atoms with E-state index in [1.54, 1.807) is 40.6 Å². The number of carbonyl (C=O) groups excluding carboxylic acids is 1. The second-order valence-electron chi connectivity index (χ2n) is 14.2. The first kappa shape index (κ1) is 42.1. The normalized spacial score (nSPS) is 11.8. The fourth-order valence-electron chi connectivity index (χ4n) is 7.47.